The number of aromatic nitrogens is 1. The fourth-order valence-corrected chi connectivity index (χ4v) is 3.93. The van der Waals surface area contributed by atoms with Crippen molar-refractivity contribution in [2.24, 2.45) is 11.7 Å². The highest BCUT2D eigenvalue weighted by atomic mass is 32.2. The van der Waals surface area contributed by atoms with Gasteiger partial charge in [-0.25, -0.2) is 13.4 Å². The van der Waals surface area contributed by atoms with E-state index in [1.807, 2.05) is 0 Å². The maximum atomic E-state index is 12.5. The Labute approximate surface area is 133 Å². The molecule has 10 heteroatoms. The molecule has 22 heavy (non-hydrogen) atoms. The Morgan fingerprint density at radius 3 is 2.55 bits per heavy atom. The van der Waals surface area contributed by atoms with Gasteiger partial charge in [-0.1, -0.05) is 0 Å². The zero-order valence-electron chi connectivity index (χ0n) is 12.4. The molecule has 122 valence electrons. The lowest BCUT2D eigenvalue weighted by atomic mass is 10.1. The predicted octanol–water partition coefficient (Wildman–Crippen LogP) is -0.730. The average molecular weight is 346 g/mol. The SMILES string of the molecule is Cc1ncsc1C(=O)N1CCN(S(C)(=O)=O)C[C@@H](C(N)=O)C1. The molecule has 1 aromatic rings. The molecule has 8 nitrogen and oxygen atoms in total. The van der Waals surface area contributed by atoms with Gasteiger partial charge in [0.25, 0.3) is 5.91 Å². The van der Waals surface area contributed by atoms with E-state index in [1.54, 1.807) is 12.4 Å². The second kappa shape index (κ2) is 6.31. The van der Waals surface area contributed by atoms with Crippen LogP contribution in [0.5, 0.6) is 0 Å². The summed E-state index contributed by atoms with van der Waals surface area (Å²) >= 11 is 1.22. The van der Waals surface area contributed by atoms with Gasteiger partial charge in [-0.05, 0) is 6.92 Å². The predicted molar refractivity (Wildman–Crippen MR) is 81.9 cm³/mol. The highest BCUT2D eigenvalue weighted by molar-refractivity contribution is 7.88. The number of rotatable bonds is 3. The monoisotopic (exact) mass is 346 g/mol. The fraction of sp³-hybridized carbons (Fsp3) is 0.583. The van der Waals surface area contributed by atoms with Crippen LogP contribution >= 0.6 is 11.3 Å². The largest absolute Gasteiger partial charge is 0.369 e. The van der Waals surface area contributed by atoms with E-state index in [9.17, 15) is 18.0 Å². The van der Waals surface area contributed by atoms with Gasteiger partial charge in [0.05, 0.1) is 23.4 Å². The molecule has 2 N–H and O–H groups in total. The summed E-state index contributed by atoms with van der Waals surface area (Å²) in [4.78, 5) is 30.1. The van der Waals surface area contributed by atoms with Crippen LogP contribution in [0.15, 0.2) is 5.51 Å². The molecule has 0 bridgehead atoms. The summed E-state index contributed by atoms with van der Waals surface area (Å²) in [6.45, 7) is 2.20. The second-order valence-electron chi connectivity index (χ2n) is 5.24. The molecule has 0 aliphatic carbocycles. The van der Waals surface area contributed by atoms with Crippen LogP contribution in [0.25, 0.3) is 0 Å². The van der Waals surface area contributed by atoms with Crippen LogP contribution in [-0.4, -0.2) is 66.9 Å². The Hall–Kier alpha value is -1.52. The molecule has 1 saturated heterocycles. The van der Waals surface area contributed by atoms with Crippen molar-refractivity contribution in [3.8, 4) is 0 Å². The average Bonchev–Trinajstić information content (AvgIpc) is 2.71. The van der Waals surface area contributed by atoms with Crippen LogP contribution in [0.4, 0.5) is 0 Å². The number of carbonyl (C=O) groups is 2. The van der Waals surface area contributed by atoms with Crippen LogP contribution in [0.2, 0.25) is 0 Å². The Kier molecular flexibility index (Phi) is 4.83. The highest BCUT2D eigenvalue weighted by Gasteiger charge is 2.33. The van der Waals surface area contributed by atoms with Crippen LogP contribution < -0.4 is 5.73 Å². The van der Waals surface area contributed by atoms with E-state index in [1.165, 1.54) is 20.5 Å². The standard InChI is InChI=1S/C12H18N4O4S2/c1-8-10(21-7-14-8)12(18)15-3-4-16(22(2,19)20)6-9(5-15)11(13)17/h7,9H,3-6H2,1-2H3,(H2,13,17)/t9-/m0/s1. The quantitative estimate of drug-likeness (QED) is 0.775. The van der Waals surface area contributed by atoms with Gasteiger partial charge in [-0.3, -0.25) is 9.59 Å². The highest BCUT2D eigenvalue weighted by Crippen LogP contribution is 2.19. The molecule has 0 saturated carbocycles. The van der Waals surface area contributed by atoms with E-state index in [-0.39, 0.29) is 32.1 Å². The number of primary amides is 1. The van der Waals surface area contributed by atoms with Crippen molar-refractivity contribution in [2.45, 2.75) is 6.92 Å². The van der Waals surface area contributed by atoms with Crippen molar-refractivity contribution < 1.29 is 18.0 Å². The molecule has 0 spiro atoms. The first-order valence-corrected chi connectivity index (χ1v) is 9.36. The summed E-state index contributed by atoms with van der Waals surface area (Å²) in [5.41, 5.74) is 7.54. The van der Waals surface area contributed by atoms with Gasteiger partial charge in [0.2, 0.25) is 15.9 Å². The number of sulfonamides is 1. The lowest BCUT2D eigenvalue weighted by Gasteiger charge is -2.22. The number of amides is 2. The Morgan fingerprint density at radius 2 is 2.05 bits per heavy atom. The van der Waals surface area contributed by atoms with Crippen LogP contribution in [0, 0.1) is 12.8 Å². The lowest BCUT2D eigenvalue weighted by Crippen LogP contribution is -2.41. The van der Waals surface area contributed by atoms with Crippen molar-refractivity contribution in [2.75, 3.05) is 32.4 Å². The van der Waals surface area contributed by atoms with Crippen molar-refractivity contribution in [3.05, 3.63) is 16.1 Å². The number of hydrogen-bond acceptors (Lipinski definition) is 6. The van der Waals surface area contributed by atoms with Crippen LogP contribution in [0.1, 0.15) is 15.4 Å². The van der Waals surface area contributed by atoms with E-state index in [4.69, 9.17) is 5.73 Å². The van der Waals surface area contributed by atoms with Crippen molar-refractivity contribution >= 4 is 33.2 Å². The first-order chi connectivity index (χ1) is 10.2. The maximum absolute atomic E-state index is 12.5. The van der Waals surface area contributed by atoms with Crippen LogP contribution in [0.3, 0.4) is 0 Å². The molecular formula is C12H18N4O4S2. The van der Waals surface area contributed by atoms with Crippen molar-refractivity contribution in [3.63, 3.8) is 0 Å². The Bertz CT molecular complexity index is 685. The second-order valence-corrected chi connectivity index (χ2v) is 8.08. The lowest BCUT2D eigenvalue weighted by molar-refractivity contribution is -0.122. The molecule has 1 aromatic heterocycles. The van der Waals surface area contributed by atoms with Gasteiger partial charge in [-0.2, -0.15) is 4.31 Å². The van der Waals surface area contributed by atoms with Gasteiger partial charge in [-0.15, -0.1) is 11.3 Å². The molecule has 0 radical (unpaired) electrons. The Morgan fingerprint density at radius 1 is 1.36 bits per heavy atom. The summed E-state index contributed by atoms with van der Waals surface area (Å²) in [6, 6.07) is 0. The van der Waals surface area contributed by atoms with Crippen molar-refractivity contribution in [1.29, 1.82) is 0 Å². The zero-order chi connectivity index (χ0) is 16.5. The van der Waals surface area contributed by atoms with E-state index >= 15 is 0 Å². The summed E-state index contributed by atoms with van der Waals surface area (Å²) < 4.78 is 24.6. The smallest absolute Gasteiger partial charge is 0.265 e. The number of aryl methyl sites for hydroxylation is 1. The third-order valence-electron chi connectivity index (χ3n) is 3.58. The van der Waals surface area contributed by atoms with Gasteiger partial charge in [0.1, 0.15) is 4.88 Å². The summed E-state index contributed by atoms with van der Waals surface area (Å²) in [5.74, 6) is -1.59. The van der Waals surface area contributed by atoms with Crippen LogP contribution in [-0.2, 0) is 14.8 Å². The van der Waals surface area contributed by atoms with E-state index in [2.05, 4.69) is 4.98 Å². The molecule has 1 fully saturated rings. The number of nitrogens with two attached hydrogens (primary N) is 1. The van der Waals surface area contributed by atoms with E-state index in [0.717, 1.165) is 6.26 Å². The minimum absolute atomic E-state index is 0.000378. The van der Waals surface area contributed by atoms with E-state index in [0.29, 0.717) is 10.6 Å². The third-order valence-corrected chi connectivity index (χ3v) is 5.77. The van der Waals surface area contributed by atoms with Gasteiger partial charge in [0, 0.05) is 26.2 Å². The number of thiazole rings is 1. The van der Waals surface area contributed by atoms with Crippen molar-refractivity contribution in [1.82, 2.24) is 14.2 Å². The topological polar surface area (TPSA) is 114 Å². The van der Waals surface area contributed by atoms with E-state index < -0.39 is 21.8 Å². The first kappa shape index (κ1) is 16.8. The molecule has 0 unspecified atom stereocenters. The summed E-state index contributed by atoms with van der Waals surface area (Å²) in [7, 11) is -3.45. The van der Waals surface area contributed by atoms with Gasteiger partial charge < -0.3 is 10.6 Å². The third kappa shape index (κ3) is 3.62. The minimum atomic E-state index is -3.45. The molecule has 2 rings (SSSR count). The minimum Gasteiger partial charge on any atom is -0.369 e. The zero-order valence-corrected chi connectivity index (χ0v) is 14.0. The molecule has 1 atom stereocenters. The molecule has 2 amide bonds. The Balaban J connectivity index is 2.25. The molecular weight excluding hydrogens is 328 g/mol. The number of hydrogen-bond donors (Lipinski definition) is 1. The molecule has 1 aliphatic rings. The first-order valence-electron chi connectivity index (χ1n) is 6.64. The molecule has 0 aromatic carbocycles. The normalized spacial score (nSPS) is 20.6. The maximum Gasteiger partial charge on any atom is 0.265 e. The molecule has 1 aliphatic heterocycles. The van der Waals surface area contributed by atoms with Gasteiger partial charge in [0.15, 0.2) is 0 Å². The molecule has 2 heterocycles. The number of nitrogens with zero attached hydrogens (tertiary/aromatic N) is 3. The summed E-state index contributed by atoms with van der Waals surface area (Å²) in [6.07, 6.45) is 1.08. The van der Waals surface area contributed by atoms with Gasteiger partial charge >= 0.3 is 0 Å². The number of carbonyl (C=O) groups excluding carboxylic acids is 2. The fourth-order valence-electron chi connectivity index (χ4n) is 2.30. The summed E-state index contributed by atoms with van der Waals surface area (Å²) in [5, 5.41) is 0.